The minimum absolute atomic E-state index is 0.348. The maximum absolute atomic E-state index is 5.80. The van der Waals surface area contributed by atoms with Crippen molar-refractivity contribution >= 4 is 0 Å². The van der Waals surface area contributed by atoms with Crippen LogP contribution in [0.3, 0.4) is 0 Å². The zero-order valence-corrected chi connectivity index (χ0v) is 7.51. The van der Waals surface area contributed by atoms with Crippen LogP contribution in [-0.2, 0) is 4.74 Å². The van der Waals surface area contributed by atoms with Gasteiger partial charge in [-0.25, -0.2) is 0 Å². The summed E-state index contributed by atoms with van der Waals surface area (Å²) in [5, 5.41) is 0. The van der Waals surface area contributed by atoms with Crippen LogP contribution in [0.2, 0.25) is 0 Å². The number of hydrogen-bond acceptors (Lipinski definition) is 2. The molecule has 0 atom stereocenters. The maximum Gasteiger partial charge on any atom is 0.0876 e. The van der Waals surface area contributed by atoms with Crippen LogP contribution in [0.15, 0.2) is 11.8 Å². The zero-order valence-electron chi connectivity index (χ0n) is 7.51. The highest BCUT2D eigenvalue weighted by Crippen LogP contribution is 2.48. The van der Waals surface area contributed by atoms with Gasteiger partial charge in [0.15, 0.2) is 0 Å². The molecule has 68 valence electrons. The van der Waals surface area contributed by atoms with Gasteiger partial charge in [0, 0.05) is 12.0 Å². The minimum atomic E-state index is 0.348. The summed E-state index contributed by atoms with van der Waals surface area (Å²) in [6.45, 7) is 1.70. The van der Waals surface area contributed by atoms with Crippen LogP contribution in [0.1, 0.15) is 32.1 Å². The largest absolute Gasteiger partial charge is 0.501 e. The zero-order chi connectivity index (χ0) is 8.44. The van der Waals surface area contributed by atoms with E-state index in [2.05, 4.69) is 0 Å². The first-order valence-electron chi connectivity index (χ1n) is 4.89. The Labute approximate surface area is 73.8 Å². The van der Waals surface area contributed by atoms with E-state index in [1.165, 1.54) is 37.7 Å². The summed E-state index contributed by atoms with van der Waals surface area (Å²) in [7, 11) is 0. The Morgan fingerprint density at radius 2 is 2.25 bits per heavy atom. The Balaban J connectivity index is 2.09. The summed E-state index contributed by atoms with van der Waals surface area (Å²) in [5.41, 5.74) is 7.63. The van der Waals surface area contributed by atoms with Gasteiger partial charge < -0.3 is 10.5 Å². The lowest BCUT2D eigenvalue weighted by atomic mass is 9.63. The molecule has 0 aromatic heterocycles. The molecule has 0 amide bonds. The molecule has 12 heavy (non-hydrogen) atoms. The minimum Gasteiger partial charge on any atom is -0.501 e. The first-order valence-corrected chi connectivity index (χ1v) is 4.89. The normalized spacial score (nSPS) is 26.9. The van der Waals surface area contributed by atoms with E-state index in [1.807, 2.05) is 6.26 Å². The summed E-state index contributed by atoms with van der Waals surface area (Å²) in [6, 6.07) is 0. The van der Waals surface area contributed by atoms with Crippen LogP contribution >= 0.6 is 0 Å². The van der Waals surface area contributed by atoms with Crippen molar-refractivity contribution in [2.24, 2.45) is 11.1 Å². The number of hydrogen-bond donors (Lipinski definition) is 1. The number of nitrogens with two attached hydrogens (primary N) is 1. The molecule has 0 aromatic rings. The second-order valence-corrected chi connectivity index (χ2v) is 3.96. The van der Waals surface area contributed by atoms with E-state index in [-0.39, 0.29) is 0 Å². The molecule has 2 heteroatoms. The molecule has 2 aliphatic rings. The van der Waals surface area contributed by atoms with E-state index in [0.717, 1.165) is 13.2 Å². The smallest absolute Gasteiger partial charge is 0.0876 e. The predicted octanol–water partition coefficient (Wildman–Crippen LogP) is 1.81. The third kappa shape index (κ3) is 1.14. The molecule has 0 aromatic carbocycles. The Kier molecular flexibility index (Phi) is 2.09. The SMILES string of the molecule is NCC1(C2=COCCC2)CCC1. The molecule has 2 N–H and O–H groups in total. The van der Waals surface area contributed by atoms with Crippen LogP contribution < -0.4 is 5.73 Å². The van der Waals surface area contributed by atoms with Gasteiger partial charge in [0.1, 0.15) is 0 Å². The Bertz CT molecular complexity index is 189. The van der Waals surface area contributed by atoms with Gasteiger partial charge in [0.05, 0.1) is 12.9 Å². The Morgan fingerprint density at radius 3 is 2.67 bits per heavy atom. The number of ether oxygens (including phenoxy) is 1. The van der Waals surface area contributed by atoms with Gasteiger partial charge in [-0.1, -0.05) is 6.42 Å². The fourth-order valence-electron chi connectivity index (χ4n) is 2.21. The van der Waals surface area contributed by atoms with E-state index in [1.54, 1.807) is 0 Å². The van der Waals surface area contributed by atoms with Gasteiger partial charge in [0.2, 0.25) is 0 Å². The van der Waals surface area contributed by atoms with Crippen molar-refractivity contribution in [2.75, 3.05) is 13.2 Å². The van der Waals surface area contributed by atoms with E-state index in [4.69, 9.17) is 10.5 Å². The van der Waals surface area contributed by atoms with E-state index in [9.17, 15) is 0 Å². The molecular weight excluding hydrogens is 150 g/mol. The molecular formula is C10H17NO. The molecule has 2 nitrogen and oxygen atoms in total. The average molecular weight is 167 g/mol. The van der Waals surface area contributed by atoms with Crippen molar-refractivity contribution in [1.29, 1.82) is 0 Å². The molecule has 0 spiro atoms. The van der Waals surface area contributed by atoms with E-state index >= 15 is 0 Å². The highest BCUT2D eigenvalue weighted by atomic mass is 16.5. The average Bonchev–Trinajstić information content (AvgIpc) is 2.05. The summed E-state index contributed by atoms with van der Waals surface area (Å²) in [5.74, 6) is 0. The van der Waals surface area contributed by atoms with Crippen LogP contribution in [0, 0.1) is 5.41 Å². The van der Waals surface area contributed by atoms with Gasteiger partial charge in [0.25, 0.3) is 0 Å². The molecule has 1 heterocycles. The van der Waals surface area contributed by atoms with Gasteiger partial charge in [-0.05, 0) is 31.3 Å². The van der Waals surface area contributed by atoms with Gasteiger partial charge in [-0.15, -0.1) is 0 Å². The fraction of sp³-hybridized carbons (Fsp3) is 0.800. The topological polar surface area (TPSA) is 35.2 Å². The lowest BCUT2D eigenvalue weighted by Crippen LogP contribution is -2.39. The molecule has 0 saturated heterocycles. The van der Waals surface area contributed by atoms with Crippen LogP contribution in [0.4, 0.5) is 0 Å². The Morgan fingerprint density at radius 1 is 1.42 bits per heavy atom. The predicted molar refractivity (Wildman–Crippen MR) is 48.6 cm³/mol. The van der Waals surface area contributed by atoms with Crippen LogP contribution in [-0.4, -0.2) is 13.2 Å². The molecule has 1 saturated carbocycles. The summed E-state index contributed by atoms with van der Waals surface area (Å²) < 4.78 is 5.35. The van der Waals surface area contributed by atoms with Crippen LogP contribution in [0.25, 0.3) is 0 Å². The van der Waals surface area contributed by atoms with Crippen molar-refractivity contribution in [3.05, 3.63) is 11.8 Å². The highest BCUT2D eigenvalue weighted by Gasteiger charge is 2.39. The van der Waals surface area contributed by atoms with Crippen LogP contribution in [0.5, 0.6) is 0 Å². The van der Waals surface area contributed by atoms with E-state index < -0.39 is 0 Å². The summed E-state index contributed by atoms with van der Waals surface area (Å²) in [6.07, 6.45) is 8.24. The maximum atomic E-state index is 5.80. The lowest BCUT2D eigenvalue weighted by Gasteiger charge is -2.43. The molecule has 0 bridgehead atoms. The fourth-order valence-corrected chi connectivity index (χ4v) is 2.21. The second-order valence-electron chi connectivity index (χ2n) is 3.96. The van der Waals surface area contributed by atoms with Gasteiger partial charge in [-0.2, -0.15) is 0 Å². The van der Waals surface area contributed by atoms with Gasteiger partial charge in [-0.3, -0.25) is 0 Å². The molecule has 1 aliphatic heterocycles. The first kappa shape index (κ1) is 8.11. The highest BCUT2D eigenvalue weighted by molar-refractivity contribution is 5.18. The quantitative estimate of drug-likeness (QED) is 0.680. The monoisotopic (exact) mass is 167 g/mol. The molecule has 1 fully saturated rings. The second kappa shape index (κ2) is 3.09. The van der Waals surface area contributed by atoms with Crippen molar-refractivity contribution < 1.29 is 4.74 Å². The third-order valence-corrected chi connectivity index (χ3v) is 3.32. The lowest BCUT2D eigenvalue weighted by molar-refractivity contribution is 0.150. The molecule has 0 unspecified atom stereocenters. The molecule has 0 radical (unpaired) electrons. The van der Waals surface area contributed by atoms with Crippen molar-refractivity contribution in [3.63, 3.8) is 0 Å². The summed E-state index contributed by atoms with van der Waals surface area (Å²) in [4.78, 5) is 0. The first-order chi connectivity index (χ1) is 5.87. The Hall–Kier alpha value is -0.500. The third-order valence-electron chi connectivity index (χ3n) is 3.32. The van der Waals surface area contributed by atoms with Crippen molar-refractivity contribution in [3.8, 4) is 0 Å². The standard InChI is InChI=1S/C10H17NO/c11-8-10(4-2-5-10)9-3-1-6-12-7-9/h7H,1-6,8,11H2. The molecule has 2 rings (SSSR count). The van der Waals surface area contributed by atoms with Crippen molar-refractivity contribution in [1.82, 2.24) is 0 Å². The van der Waals surface area contributed by atoms with E-state index in [0.29, 0.717) is 5.41 Å². The van der Waals surface area contributed by atoms with Gasteiger partial charge >= 0.3 is 0 Å². The van der Waals surface area contributed by atoms with Crippen molar-refractivity contribution in [2.45, 2.75) is 32.1 Å². The summed E-state index contributed by atoms with van der Waals surface area (Å²) >= 11 is 0. The number of rotatable bonds is 2. The molecule has 1 aliphatic carbocycles.